The van der Waals surface area contributed by atoms with Crippen LogP contribution in [-0.4, -0.2) is 11.6 Å². The van der Waals surface area contributed by atoms with Crippen molar-refractivity contribution < 1.29 is 14.7 Å². The summed E-state index contributed by atoms with van der Waals surface area (Å²) in [5.74, 6) is -1.11. The Hall–Kier alpha value is -2.77. The second kappa shape index (κ2) is 8.93. The molecule has 3 rings (SSSR count). The maximum absolute atomic E-state index is 13.4. The van der Waals surface area contributed by atoms with Crippen molar-refractivity contribution in [1.82, 2.24) is 0 Å². The van der Waals surface area contributed by atoms with Gasteiger partial charge in [-0.25, -0.2) is 0 Å². The third kappa shape index (κ3) is 4.22. The van der Waals surface area contributed by atoms with Crippen LogP contribution in [0, 0.1) is 41.5 Å². The summed E-state index contributed by atoms with van der Waals surface area (Å²) in [5, 5.41) is 12.7. The molecule has 0 atom stereocenters. The van der Waals surface area contributed by atoms with Crippen molar-refractivity contribution in [3.63, 3.8) is 0 Å². The molecule has 0 spiro atoms. The number of ketones is 2. The number of rotatable bonds is 4. The van der Waals surface area contributed by atoms with Gasteiger partial charge in [0, 0.05) is 26.6 Å². The molecule has 3 aromatic rings. The second-order valence-corrected chi connectivity index (χ2v) is 7.88. The van der Waals surface area contributed by atoms with Crippen molar-refractivity contribution in [3.8, 4) is 5.75 Å². The standard InChI is InChI=1S/C26H25O3.P/c1-14-10-16(3)22(17(4)11-14)25(28)20-8-7-9-21(27)24(20)26(29)23-18(5)12-15(2)13-19(23)6;/h7-13H,1-6H3;. The number of aryl methyl sites for hydroxylation is 6. The summed E-state index contributed by atoms with van der Waals surface area (Å²) < 4.78 is 0. The highest BCUT2D eigenvalue weighted by molar-refractivity contribution is 6.92. The molecule has 0 aliphatic heterocycles. The molecule has 4 radical (unpaired) electrons. The molecular weight excluding hydrogens is 391 g/mol. The largest absolute Gasteiger partial charge is 0.289 e. The van der Waals surface area contributed by atoms with Gasteiger partial charge in [0.25, 0.3) is 0 Å². The predicted molar refractivity (Wildman–Crippen MR) is 122 cm³/mol. The minimum atomic E-state index is -0.428. The lowest BCUT2D eigenvalue weighted by atomic mass is 9.86. The molecule has 0 unspecified atom stereocenters. The summed E-state index contributed by atoms with van der Waals surface area (Å²) in [6.45, 7) is 11.4. The highest BCUT2D eigenvalue weighted by atomic mass is 31.0. The predicted octanol–water partition coefficient (Wildman–Crippen LogP) is 7.00. The highest BCUT2D eigenvalue weighted by Gasteiger charge is 2.27. The smallest absolute Gasteiger partial charge is 0.198 e. The lowest BCUT2D eigenvalue weighted by molar-refractivity contribution is 0.0998. The highest BCUT2D eigenvalue weighted by Crippen LogP contribution is 2.31. The van der Waals surface area contributed by atoms with E-state index in [1.165, 1.54) is 6.07 Å². The first-order valence-corrected chi connectivity index (χ1v) is 9.67. The fourth-order valence-electron chi connectivity index (χ4n) is 4.29. The number of carbonyl (C=O) groups is 2. The average molecular weight is 416 g/mol. The normalized spacial score (nSPS) is 10.5. The topological polar surface area (TPSA) is 54.0 Å². The van der Waals surface area contributed by atoms with Crippen LogP contribution in [0.25, 0.3) is 0 Å². The van der Waals surface area contributed by atoms with Gasteiger partial charge in [-0.2, -0.15) is 0 Å². The van der Waals surface area contributed by atoms with Crippen molar-refractivity contribution in [2.45, 2.75) is 41.5 Å². The Labute approximate surface area is 181 Å². The minimum absolute atomic E-state index is 0. The molecule has 4 heteroatoms. The average Bonchev–Trinajstić information content (AvgIpc) is 2.59. The Bertz CT molecular complexity index is 1110. The van der Waals surface area contributed by atoms with Gasteiger partial charge in [0.2, 0.25) is 0 Å². The van der Waals surface area contributed by atoms with Crippen LogP contribution in [0.4, 0.5) is 0 Å². The summed E-state index contributed by atoms with van der Waals surface area (Å²) in [4.78, 5) is 26.9. The molecule has 3 nitrogen and oxygen atoms in total. The van der Waals surface area contributed by atoms with Gasteiger partial charge >= 0.3 is 0 Å². The van der Waals surface area contributed by atoms with E-state index >= 15 is 0 Å². The molecule has 0 saturated heterocycles. The van der Waals surface area contributed by atoms with Crippen LogP contribution in [0.2, 0.25) is 0 Å². The van der Waals surface area contributed by atoms with E-state index in [-0.39, 0.29) is 26.8 Å². The van der Waals surface area contributed by atoms with E-state index < -0.39 is 11.5 Å². The molecule has 0 aromatic heterocycles. The van der Waals surface area contributed by atoms with E-state index in [2.05, 4.69) is 0 Å². The van der Waals surface area contributed by atoms with Crippen LogP contribution in [0.1, 0.15) is 65.2 Å². The van der Waals surface area contributed by atoms with Crippen molar-refractivity contribution in [1.29, 1.82) is 0 Å². The lowest BCUT2D eigenvalue weighted by Crippen LogP contribution is -2.15. The quantitative estimate of drug-likeness (QED) is 0.339. The van der Waals surface area contributed by atoms with Crippen molar-refractivity contribution in [2.24, 2.45) is 0 Å². The molecular formula is C26H25O3P. The molecule has 152 valence electrons. The first kappa shape index (κ1) is 23.5. The lowest BCUT2D eigenvalue weighted by Gasteiger charge is -2.15. The molecule has 0 heterocycles. The SMILES string of the molecule is Cc1cc(C)c(C(=O)c2cccc([O])c2C(=O)c2c(C)cc(C)cc2C)c(C)c1.[P]. The molecule has 0 N–H and O–H groups in total. The molecule has 0 fully saturated rings. The zero-order valence-corrected chi connectivity index (χ0v) is 19.1. The van der Waals surface area contributed by atoms with Gasteiger partial charge in [-0.3, -0.25) is 14.7 Å². The van der Waals surface area contributed by atoms with Gasteiger partial charge in [0.15, 0.2) is 17.3 Å². The van der Waals surface area contributed by atoms with Gasteiger partial charge in [-0.05, 0) is 69.9 Å². The van der Waals surface area contributed by atoms with Gasteiger partial charge in [0.05, 0.1) is 5.56 Å². The molecule has 0 bridgehead atoms. The summed E-state index contributed by atoms with van der Waals surface area (Å²) >= 11 is 0. The fourth-order valence-corrected chi connectivity index (χ4v) is 4.29. The maximum Gasteiger partial charge on any atom is 0.198 e. The van der Waals surface area contributed by atoms with E-state index in [1.807, 2.05) is 65.8 Å². The number of hydrogen-bond donors (Lipinski definition) is 0. The summed E-state index contributed by atoms with van der Waals surface area (Å²) in [7, 11) is 0. The summed E-state index contributed by atoms with van der Waals surface area (Å²) in [6.07, 6.45) is 0. The van der Waals surface area contributed by atoms with Gasteiger partial charge in [-0.1, -0.05) is 47.5 Å². The molecule has 30 heavy (non-hydrogen) atoms. The van der Waals surface area contributed by atoms with Crippen LogP contribution < -0.4 is 0 Å². The van der Waals surface area contributed by atoms with Crippen molar-refractivity contribution in [3.05, 3.63) is 98.1 Å². The first-order valence-electron chi connectivity index (χ1n) is 9.67. The molecule has 0 aliphatic carbocycles. The number of carbonyl (C=O) groups excluding carboxylic acids is 2. The number of hydrogen-bond acceptors (Lipinski definition) is 2. The van der Waals surface area contributed by atoms with Gasteiger partial charge in [0.1, 0.15) is 0 Å². The second-order valence-electron chi connectivity index (χ2n) is 7.88. The summed E-state index contributed by atoms with van der Waals surface area (Å²) in [6, 6.07) is 12.2. The van der Waals surface area contributed by atoms with E-state index in [0.29, 0.717) is 11.1 Å². The van der Waals surface area contributed by atoms with Crippen LogP contribution in [-0.2, 0) is 5.11 Å². The minimum Gasteiger partial charge on any atom is -0.289 e. The van der Waals surface area contributed by atoms with E-state index in [9.17, 15) is 14.7 Å². The van der Waals surface area contributed by atoms with E-state index in [0.717, 1.165) is 33.4 Å². The Morgan fingerprint density at radius 2 is 1.00 bits per heavy atom. The third-order valence-corrected chi connectivity index (χ3v) is 5.31. The Morgan fingerprint density at radius 3 is 1.43 bits per heavy atom. The number of benzene rings is 3. The Morgan fingerprint density at radius 1 is 0.600 bits per heavy atom. The van der Waals surface area contributed by atoms with Crippen molar-refractivity contribution in [2.75, 3.05) is 0 Å². The third-order valence-electron chi connectivity index (χ3n) is 5.31. The first-order chi connectivity index (χ1) is 13.6. The van der Waals surface area contributed by atoms with Crippen LogP contribution in [0.15, 0.2) is 42.5 Å². The Balaban J connectivity index is 0.00000320. The molecule has 0 saturated carbocycles. The fraction of sp³-hybridized carbons (Fsp3) is 0.231. The van der Waals surface area contributed by atoms with Gasteiger partial charge < -0.3 is 0 Å². The molecule has 0 amide bonds. The summed E-state index contributed by atoms with van der Waals surface area (Å²) in [5.41, 5.74) is 6.55. The van der Waals surface area contributed by atoms with Crippen molar-refractivity contribution >= 4 is 21.5 Å². The van der Waals surface area contributed by atoms with Crippen LogP contribution >= 0.6 is 9.90 Å². The molecule has 3 aromatic carbocycles. The van der Waals surface area contributed by atoms with Gasteiger partial charge in [-0.15, -0.1) is 0 Å². The zero-order chi connectivity index (χ0) is 21.5. The molecule has 0 aliphatic rings. The maximum atomic E-state index is 13.4. The van der Waals surface area contributed by atoms with Crippen LogP contribution in [0.5, 0.6) is 5.75 Å². The zero-order valence-electron chi connectivity index (χ0n) is 18.2. The Kier molecular flexibility index (Phi) is 7.00. The monoisotopic (exact) mass is 416 g/mol. The van der Waals surface area contributed by atoms with E-state index in [4.69, 9.17) is 0 Å². The van der Waals surface area contributed by atoms with E-state index in [1.54, 1.807) is 12.1 Å². The van der Waals surface area contributed by atoms with Crippen LogP contribution in [0.3, 0.4) is 0 Å².